The van der Waals surface area contributed by atoms with E-state index in [2.05, 4.69) is 66.0 Å². The van der Waals surface area contributed by atoms with Gasteiger partial charge >= 0.3 is 11.9 Å². The van der Waals surface area contributed by atoms with Crippen molar-refractivity contribution in [3.63, 3.8) is 0 Å². The largest absolute Gasteiger partial charge is 0.459 e. The summed E-state index contributed by atoms with van der Waals surface area (Å²) < 4.78 is 26.6. The Morgan fingerprint density at radius 3 is 1.51 bits per heavy atom. The van der Waals surface area contributed by atoms with Crippen LogP contribution in [0.15, 0.2) is 42.5 Å². The molecule has 0 aromatic heterocycles. The van der Waals surface area contributed by atoms with Gasteiger partial charge in [0.05, 0.1) is 11.1 Å². The van der Waals surface area contributed by atoms with Crippen LogP contribution in [0.5, 0.6) is 0 Å². The monoisotopic (exact) mass is 538 g/mol. The summed E-state index contributed by atoms with van der Waals surface area (Å²) in [5.74, 6) is -1.65. The average Bonchev–Trinajstić information content (AvgIpc) is 2.74. The van der Waals surface area contributed by atoms with Gasteiger partial charge < -0.3 is 20.1 Å². The number of rotatable bonds is 5. The van der Waals surface area contributed by atoms with Crippen molar-refractivity contribution < 1.29 is 23.5 Å². The molecule has 0 bridgehead atoms. The maximum atomic E-state index is 15.0. The lowest BCUT2D eigenvalue weighted by atomic mass is 9.81. The number of ether oxygens (including phenoxy) is 2. The summed E-state index contributed by atoms with van der Waals surface area (Å²) in [6.07, 6.45) is 2.32. The van der Waals surface area contributed by atoms with E-state index in [1.165, 1.54) is 12.1 Å². The van der Waals surface area contributed by atoms with Crippen molar-refractivity contribution >= 4 is 11.9 Å². The molecule has 4 rings (SSSR count). The van der Waals surface area contributed by atoms with Crippen LogP contribution in [-0.4, -0.2) is 46.3 Å². The van der Waals surface area contributed by atoms with Crippen LogP contribution in [0.4, 0.5) is 4.39 Å². The minimum absolute atomic E-state index is 0.0825. The lowest BCUT2D eigenvalue weighted by molar-refractivity contribution is -0.00787. The Morgan fingerprint density at radius 2 is 1.08 bits per heavy atom. The van der Waals surface area contributed by atoms with Crippen LogP contribution in [0.3, 0.4) is 0 Å². The number of carbonyl (C=O) groups is 2. The van der Waals surface area contributed by atoms with Crippen LogP contribution in [0.2, 0.25) is 0 Å². The summed E-state index contributed by atoms with van der Waals surface area (Å²) in [6, 6.07) is 11.4. The maximum absolute atomic E-state index is 15.0. The molecule has 2 heterocycles. The van der Waals surface area contributed by atoms with Crippen molar-refractivity contribution in [1.29, 1.82) is 0 Å². The highest BCUT2D eigenvalue weighted by Gasteiger charge is 2.40. The molecule has 0 saturated carbocycles. The van der Waals surface area contributed by atoms with Gasteiger partial charge in [-0.3, -0.25) is 0 Å². The number of benzene rings is 2. The molecule has 212 valence electrons. The van der Waals surface area contributed by atoms with Crippen LogP contribution in [0.25, 0.3) is 11.1 Å². The van der Waals surface area contributed by atoms with E-state index in [0.29, 0.717) is 24.0 Å². The molecule has 7 heteroatoms. The number of carbonyl (C=O) groups excluding carboxylic acids is 2. The molecule has 0 spiro atoms. The van der Waals surface area contributed by atoms with Crippen molar-refractivity contribution in [2.24, 2.45) is 0 Å². The van der Waals surface area contributed by atoms with Gasteiger partial charge in [0.1, 0.15) is 18.0 Å². The first-order valence-electron chi connectivity index (χ1n) is 13.8. The fourth-order valence-electron chi connectivity index (χ4n) is 6.72. The van der Waals surface area contributed by atoms with Crippen molar-refractivity contribution in [2.45, 2.75) is 115 Å². The molecule has 2 aromatic carbocycles. The van der Waals surface area contributed by atoms with Gasteiger partial charge in [-0.2, -0.15) is 0 Å². The highest BCUT2D eigenvalue weighted by Crippen LogP contribution is 2.33. The predicted molar refractivity (Wildman–Crippen MR) is 151 cm³/mol. The summed E-state index contributed by atoms with van der Waals surface area (Å²) in [5.41, 5.74) is 1.08. The maximum Gasteiger partial charge on any atom is 0.341 e. The van der Waals surface area contributed by atoms with Gasteiger partial charge in [0.15, 0.2) is 0 Å². The molecule has 2 aliphatic rings. The number of esters is 2. The van der Waals surface area contributed by atoms with E-state index in [1.54, 1.807) is 30.3 Å². The van der Waals surface area contributed by atoms with Gasteiger partial charge in [0, 0.05) is 47.8 Å². The molecule has 0 atom stereocenters. The topological polar surface area (TPSA) is 76.7 Å². The van der Waals surface area contributed by atoms with Crippen LogP contribution < -0.4 is 10.6 Å². The fraction of sp³-hybridized carbons (Fsp3) is 0.562. The van der Waals surface area contributed by atoms with Gasteiger partial charge in [-0.15, -0.1) is 0 Å². The Kier molecular flexibility index (Phi) is 7.74. The van der Waals surface area contributed by atoms with Gasteiger partial charge in [-0.05, 0) is 90.8 Å². The van der Waals surface area contributed by atoms with Crippen molar-refractivity contribution in [3.8, 4) is 11.1 Å². The SMILES string of the molecule is CC1(C)CC(OC(=O)c2ccc(-c3ccc(C(=O)OC4CC(C)(C)NC(C)(C)C4)c(F)c3)cc2)CC(C)(C)N1. The number of piperidine rings is 2. The van der Waals surface area contributed by atoms with Crippen molar-refractivity contribution in [1.82, 2.24) is 10.6 Å². The Hall–Kier alpha value is -2.77. The number of hydrogen-bond acceptors (Lipinski definition) is 6. The normalized spacial score (nSPS) is 22.2. The number of hydrogen-bond donors (Lipinski definition) is 2. The molecule has 0 amide bonds. The van der Waals surface area contributed by atoms with Gasteiger partial charge in [-0.1, -0.05) is 18.2 Å². The lowest BCUT2D eigenvalue weighted by Gasteiger charge is -2.45. The second-order valence-electron chi connectivity index (χ2n) is 13.9. The van der Waals surface area contributed by atoms with Crippen molar-refractivity contribution in [2.75, 3.05) is 0 Å². The van der Waals surface area contributed by atoms with Gasteiger partial charge in [0.2, 0.25) is 0 Å². The zero-order valence-electron chi connectivity index (χ0n) is 24.5. The van der Waals surface area contributed by atoms with E-state index in [4.69, 9.17) is 9.47 Å². The summed E-state index contributed by atoms with van der Waals surface area (Å²) in [6.45, 7) is 16.7. The molecule has 2 saturated heterocycles. The molecule has 2 N–H and O–H groups in total. The average molecular weight is 539 g/mol. The molecule has 0 unspecified atom stereocenters. The Morgan fingerprint density at radius 1 is 0.667 bits per heavy atom. The van der Waals surface area contributed by atoms with Gasteiger partial charge in [0.25, 0.3) is 0 Å². The first-order valence-corrected chi connectivity index (χ1v) is 13.8. The second-order valence-corrected chi connectivity index (χ2v) is 13.9. The van der Waals surface area contributed by atoms with E-state index in [1.807, 2.05) is 0 Å². The first-order chi connectivity index (χ1) is 17.9. The fourth-order valence-corrected chi connectivity index (χ4v) is 6.72. The molecular weight excluding hydrogens is 495 g/mol. The third kappa shape index (κ3) is 7.46. The van der Waals surface area contributed by atoms with E-state index in [0.717, 1.165) is 18.4 Å². The zero-order chi connectivity index (χ0) is 28.8. The minimum atomic E-state index is -0.653. The highest BCUT2D eigenvalue weighted by atomic mass is 19.1. The third-order valence-electron chi connectivity index (χ3n) is 7.50. The third-order valence-corrected chi connectivity index (χ3v) is 7.50. The lowest BCUT2D eigenvalue weighted by Crippen LogP contribution is -2.59. The van der Waals surface area contributed by atoms with E-state index >= 15 is 4.39 Å². The summed E-state index contributed by atoms with van der Waals surface area (Å²) in [7, 11) is 0. The quantitative estimate of drug-likeness (QED) is 0.428. The van der Waals surface area contributed by atoms with Crippen molar-refractivity contribution in [3.05, 3.63) is 59.4 Å². The van der Waals surface area contributed by atoms with Crippen LogP contribution in [0, 0.1) is 5.82 Å². The smallest absolute Gasteiger partial charge is 0.341 e. The van der Waals surface area contributed by atoms with Crippen LogP contribution in [-0.2, 0) is 9.47 Å². The van der Waals surface area contributed by atoms with Crippen LogP contribution >= 0.6 is 0 Å². The molecule has 2 fully saturated rings. The summed E-state index contributed by atoms with van der Waals surface area (Å²) in [5, 5.41) is 7.14. The molecule has 0 aliphatic carbocycles. The highest BCUT2D eigenvalue weighted by molar-refractivity contribution is 5.91. The minimum Gasteiger partial charge on any atom is -0.459 e. The molecule has 6 nitrogen and oxygen atoms in total. The van der Waals surface area contributed by atoms with E-state index in [-0.39, 0.29) is 45.9 Å². The Bertz CT molecular complexity index is 1200. The second kappa shape index (κ2) is 10.3. The van der Waals surface area contributed by atoms with E-state index < -0.39 is 11.8 Å². The first kappa shape index (κ1) is 29.2. The zero-order valence-corrected chi connectivity index (χ0v) is 24.5. The van der Waals surface area contributed by atoms with Gasteiger partial charge in [-0.25, -0.2) is 14.0 Å². The van der Waals surface area contributed by atoms with E-state index in [9.17, 15) is 9.59 Å². The standard InChI is InChI=1S/C32H43FN2O4/c1-29(2)16-23(17-30(3,4)34-29)38-27(36)21-11-9-20(10-12-21)22-13-14-25(26(33)15-22)28(37)39-24-18-31(5,6)35-32(7,8)19-24/h9-15,23-24,34-35H,16-19H2,1-8H3. The molecular formula is C32H43FN2O4. The molecule has 0 radical (unpaired) electrons. The number of nitrogens with one attached hydrogen (secondary N) is 2. The Labute approximate surface area is 232 Å². The molecule has 39 heavy (non-hydrogen) atoms. The summed E-state index contributed by atoms with van der Waals surface area (Å²) in [4.78, 5) is 25.7. The summed E-state index contributed by atoms with van der Waals surface area (Å²) >= 11 is 0. The Balaban J connectivity index is 1.41. The molecule has 2 aliphatic heterocycles. The molecule has 2 aromatic rings. The predicted octanol–water partition coefficient (Wildman–Crippen LogP) is 6.42. The van der Waals surface area contributed by atoms with Crippen LogP contribution in [0.1, 0.15) is 102 Å². The number of halogens is 1.